The number of halogens is 1. The van der Waals surface area contributed by atoms with Gasteiger partial charge in [-0.25, -0.2) is 4.98 Å². The first-order chi connectivity index (χ1) is 12.1. The van der Waals surface area contributed by atoms with Gasteiger partial charge in [0.2, 0.25) is 5.91 Å². The lowest BCUT2D eigenvalue weighted by Crippen LogP contribution is -2.32. The molecule has 0 fully saturated rings. The van der Waals surface area contributed by atoms with Gasteiger partial charge in [0.15, 0.2) is 5.13 Å². The molecule has 25 heavy (non-hydrogen) atoms. The number of thiazole rings is 1. The Kier molecular flexibility index (Phi) is 5.57. The van der Waals surface area contributed by atoms with E-state index in [0.717, 1.165) is 15.7 Å². The summed E-state index contributed by atoms with van der Waals surface area (Å²) in [5, 5.41) is 7.65. The van der Waals surface area contributed by atoms with Crippen molar-refractivity contribution in [1.29, 1.82) is 0 Å². The number of hydrogen-bond donors (Lipinski definition) is 2. The summed E-state index contributed by atoms with van der Waals surface area (Å²) >= 11 is 4.76. The van der Waals surface area contributed by atoms with E-state index in [1.165, 1.54) is 11.3 Å². The Balaban J connectivity index is 1.56. The molecule has 0 spiro atoms. The van der Waals surface area contributed by atoms with Crippen LogP contribution in [0.15, 0.2) is 64.5 Å². The summed E-state index contributed by atoms with van der Waals surface area (Å²) in [5.74, 6) is -0.607. The molecule has 1 aromatic heterocycles. The van der Waals surface area contributed by atoms with E-state index < -0.39 is 0 Å². The van der Waals surface area contributed by atoms with Crippen molar-refractivity contribution < 1.29 is 9.59 Å². The lowest BCUT2D eigenvalue weighted by molar-refractivity contribution is -0.115. The summed E-state index contributed by atoms with van der Waals surface area (Å²) in [6, 6.07) is 16.5. The minimum Gasteiger partial charge on any atom is -0.343 e. The number of anilines is 1. The molecule has 2 aromatic carbocycles. The summed E-state index contributed by atoms with van der Waals surface area (Å²) in [4.78, 5) is 28.3. The summed E-state index contributed by atoms with van der Waals surface area (Å²) in [5.41, 5.74) is 2.26. The Morgan fingerprint density at radius 3 is 2.64 bits per heavy atom. The summed E-state index contributed by atoms with van der Waals surface area (Å²) in [7, 11) is 0. The van der Waals surface area contributed by atoms with Crippen molar-refractivity contribution in [3.05, 3.63) is 70.0 Å². The molecule has 0 bridgehead atoms. The number of hydrogen-bond acceptors (Lipinski definition) is 4. The van der Waals surface area contributed by atoms with Crippen LogP contribution in [0, 0.1) is 0 Å². The molecule has 2 amide bonds. The SMILES string of the molecule is O=C(CNC(=O)c1ccccc1)Nc1nc(-c2cccc(Br)c2)cs1. The first-order valence-electron chi connectivity index (χ1n) is 7.46. The maximum absolute atomic E-state index is 12.0. The minimum atomic E-state index is -0.320. The number of nitrogens with one attached hydrogen (secondary N) is 2. The molecule has 1 heterocycles. The summed E-state index contributed by atoms with van der Waals surface area (Å²) < 4.78 is 0.965. The molecule has 2 N–H and O–H groups in total. The van der Waals surface area contributed by atoms with E-state index in [0.29, 0.717) is 10.7 Å². The topological polar surface area (TPSA) is 71.1 Å². The van der Waals surface area contributed by atoms with E-state index in [1.54, 1.807) is 24.3 Å². The molecular weight excluding hydrogens is 402 g/mol. The zero-order valence-electron chi connectivity index (χ0n) is 13.0. The van der Waals surface area contributed by atoms with E-state index in [9.17, 15) is 9.59 Å². The quantitative estimate of drug-likeness (QED) is 0.662. The lowest BCUT2D eigenvalue weighted by atomic mass is 10.2. The molecule has 3 rings (SSSR count). The molecule has 3 aromatic rings. The Morgan fingerprint density at radius 1 is 1.08 bits per heavy atom. The van der Waals surface area contributed by atoms with Crippen molar-refractivity contribution in [2.24, 2.45) is 0 Å². The molecule has 0 saturated carbocycles. The second-order valence-electron chi connectivity index (χ2n) is 5.15. The fourth-order valence-electron chi connectivity index (χ4n) is 2.13. The van der Waals surface area contributed by atoms with Crippen molar-refractivity contribution in [3.8, 4) is 11.3 Å². The van der Waals surface area contributed by atoms with Crippen LogP contribution in [0.2, 0.25) is 0 Å². The molecule has 0 saturated heterocycles. The standard InChI is InChI=1S/C18H14BrN3O2S/c19-14-8-4-7-13(9-14)15-11-25-18(21-15)22-16(23)10-20-17(24)12-5-2-1-3-6-12/h1-9,11H,10H2,(H,20,24)(H,21,22,23). The van der Waals surface area contributed by atoms with Crippen LogP contribution in [0.3, 0.4) is 0 Å². The Labute approximate surface area is 157 Å². The highest BCUT2D eigenvalue weighted by Gasteiger charge is 2.10. The predicted octanol–water partition coefficient (Wildman–Crippen LogP) is 3.94. The number of nitrogens with zero attached hydrogens (tertiary/aromatic N) is 1. The molecule has 126 valence electrons. The molecule has 0 unspecified atom stereocenters. The molecular formula is C18H14BrN3O2S. The van der Waals surface area contributed by atoms with Crippen molar-refractivity contribution in [3.63, 3.8) is 0 Å². The molecule has 0 atom stereocenters. The zero-order valence-corrected chi connectivity index (χ0v) is 15.4. The molecule has 0 aliphatic rings. The number of aromatic nitrogens is 1. The number of carbonyl (C=O) groups is 2. The Morgan fingerprint density at radius 2 is 1.88 bits per heavy atom. The van der Waals surface area contributed by atoms with Gasteiger partial charge in [-0.2, -0.15) is 0 Å². The van der Waals surface area contributed by atoms with E-state index >= 15 is 0 Å². The van der Waals surface area contributed by atoms with Crippen LogP contribution in [0.25, 0.3) is 11.3 Å². The van der Waals surface area contributed by atoms with Gasteiger partial charge in [-0.15, -0.1) is 11.3 Å². The first kappa shape index (κ1) is 17.3. The average molecular weight is 416 g/mol. The van der Waals surface area contributed by atoms with Gasteiger partial charge in [-0.05, 0) is 24.3 Å². The fourth-order valence-corrected chi connectivity index (χ4v) is 3.26. The fraction of sp³-hybridized carbons (Fsp3) is 0.0556. The van der Waals surface area contributed by atoms with Gasteiger partial charge < -0.3 is 10.6 Å². The third-order valence-corrected chi connectivity index (χ3v) is 4.57. The smallest absolute Gasteiger partial charge is 0.251 e. The summed E-state index contributed by atoms with van der Waals surface area (Å²) in [6.07, 6.45) is 0. The maximum atomic E-state index is 12.0. The van der Waals surface area contributed by atoms with Crippen molar-refractivity contribution in [2.45, 2.75) is 0 Å². The van der Waals surface area contributed by atoms with E-state index in [2.05, 4.69) is 31.5 Å². The van der Waals surface area contributed by atoms with E-state index in [-0.39, 0.29) is 18.4 Å². The number of amides is 2. The second-order valence-corrected chi connectivity index (χ2v) is 6.92. The first-order valence-corrected chi connectivity index (χ1v) is 9.13. The van der Waals surface area contributed by atoms with Gasteiger partial charge in [0, 0.05) is 21.0 Å². The second kappa shape index (κ2) is 8.04. The van der Waals surface area contributed by atoms with Gasteiger partial charge in [0.05, 0.1) is 12.2 Å². The number of benzene rings is 2. The third-order valence-electron chi connectivity index (χ3n) is 3.32. The van der Waals surface area contributed by atoms with Crippen LogP contribution < -0.4 is 10.6 Å². The van der Waals surface area contributed by atoms with Gasteiger partial charge in [-0.1, -0.05) is 46.3 Å². The third kappa shape index (κ3) is 4.74. The lowest BCUT2D eigenvalue weighted by Gasteiger charge is -2.05. The number of carbonyl (C=O) groups excluding carboxylic acids is 2. The monoisotopic (exact) mass is 415 g/mol. The van der Waals surface area contributed by atoms with Gasteiger partial charge in [0.25, 0.3) is 5.91 Å². The highest BCUT2D eigenvalue weighted by Crippen LogP contribution is 2.26. The Hall–Kier alpha value is -2.51. The molecule has 0 aliphatic heterocycles. The molecule has 5 nitrogen and oxygen atoms in total. The van der Waals surface area contributed by atoms with E-state index in [4.69, 9.17) is 0 Å². The van der Waals surface area contributed by atoms with Crippen LogP contribution in [-0.2, 0) is 4.79 Å². The largest absolute Gasteiger partial charge is 0.343 e. The Bertz CT molecular complexity index is 896. The van der Waals surface area contributed by atoms with Crippen LogP contribution in [0.5, 0.6) is 0 Å². The average Bonchev–Trinajstić information content (AvgIpc) is 3.09. The van der Waals surface area contributed by atoms with Gasteiger partial charge in [0.1, 0.15) is 0 Å². The summed E-state index contributed by atoms with van der Waals surface area (Å²) in [6.45, 7) is -0.112. The number of rotatable bonds is 5. The zero-order chi connectivity index (χ0) is 17.6. The molecule has 7 heteroatoms. The minimum absolute atomic E-state index is 0.112. The van der Waals surface area contributed by atoms with Gasteiger partial charge >= 0.3 is 0 Å². The van der Waals surface area contributed by atoms with Crippen molar-refractivity contribution in [2.75, 3.05) is 11.9 Å². The van der Waals surface area contributed by atoms with Crippen LogP contribution >= 0.6 is 27.3 Å². The highest BCUT2D eigenvalue weighted by molar-refractivity contribution is 9.10. The van der Waals surface area contributed by atoms with Crippen LogP contribution in [0.1, 0.15) is 10.4 Å². The van der Waals surface area contributed by atoms with Crippen LogP contribution in [0.4, 0.5) is 5.13 Å². The molecule has 0 aliphatic carbocycles. The van der Waals surface area contributed by atoms with Crippen LogP contribution in [-0.4, -0.2) is 23.3 Å². The normalized spacial score (nSPS) is 10.3. The molecule has 0 radical (unpaired) electrons. The van der Waals surface area contributed by atoms with E-state index in [1.807, 2.05) is 35.7 Å². The van der Waals surface area contributed by atoms with Gasteiger partial charge in [-0.3, -0.25) is 9.59 Å². The maximum Gasteiger partial charge on any atom is 0.251 e. The van der Waals surface area contributed by atoms with Crippen molar-refractivity contribution in [1.82, 2.24) is 10.3 Å². The highest BCUT2D eigenvalue weighted by atomic mass is 79.9. The predicted molar refractivity (Wildman–Crippen MR) is 103 cm³/mol. The van der Waals surface area contributed by atoms with Crippen molar-refractivity contribution >= 4 is 44.2 Å².